The molecule has 1 saturated heterocycles. The third-order valence-corrected chi connectivity index (χ3v) is 5.92. The second-order valence-corrected chi connectivity index (χ2v) is 8.42. The second-order valence-electron chi connectivity index (χ2n) is 6.38. The molecule has 0 bridgehead atoms. The van der Waals surface area contributed by atoms with Crippen LogP contribution in [0.3, 0.4) is 0 Å². The molecule has 1 atom stereocenters. The van der Waals surface area contributed by atoms with Crippen molar-refractivity contribution < 1.29 is 18.3 Å². The highest BCUT2D eigenvalue weighted by molar-refractivity contribution is 7.91. The molecule has 1 fully saturated rings. The van der Waals surface area contributed by atoms with E-state index in [1.807, 2.05) is 19.9 Å². The summed E-state index contributed by atoms with van der Waals surface area (Å²) in [6.07, 6.45) is 0.653. The maximum atomic E-state index is 12.3. The number of hydrogen-bond acceptors (Lipinski definition) is 4. The summed E-state index contributed by atoms with van der Waals surface area (Å²) in [4.78, 5) is 13.4. The van der Waals surface area contributed by atoms with Crippen LogP contribution in [0.4, 0.5) is 0 Å². The van der Waals surface area contributed by atoms with Crippen molar-refractivity contribution in [3.63, 3.8) is 0 Å². The zero-order chi connectivity index (χ0) is 16.3. The van der Waals surface area contributed by atoms with Crippen LogP contribution >= 0.6 is 0 Å². The molecule has 1 heterocycles. The summed E-state index contributed by atoms with van der Waals surface area (Å²) in [5.74, 6) is -0.839. The Kier molecular flexibility index (Phi) is 5.24. The molecular formula is C16H23NO4S. The van der Waals surface area contributed by atoms with E-state index in [0.29, 0.717) is 24.4 Å². The third-order valence-electron chi connectivity index (χ3n) is 3.84. The first-order valence-corrected chi connectivity index (χ1v) is 9.20. The van der Waals surface area contributed by atoms with Crippen LogP contribution in [-0.2, 0) is 21.2 Å². The lowest BCUT2D eigenvalue weighted by Crippen LogP contribution is -2.23. The van der Waals surface area contributed by atoms with E-state index in [4.69, 9.17) is 5.11 Å². The monoisotopic (exact) mass is 325 g/mol. The molecule has 1 aliphatic heterocycles. The van der Waals surface area contributed by atoms with Gasteiger partial charge >= 0.3 is 5.97 Å². The Morgan fingerprint density at radius 3 is 2.73 bits per heavy atom. The zero-order valence-corrected chi connectivity index (χ0v) is 13.8. The van der Waals surface area contributed by atoms with Crippen LogP contribution in [0.25, 0.3) is 0 Å². The van der Waals surface area contributed by atoms with Crippen LogP contribution in [0.15, 0.2) is 29.2 Å². The zero-order valence-electron chi connectivity index (χ0n) is 13.0. The summed E-state index contributed by atoms with van der Waals surface area (Å²) >= 11 is 0. The Balaban J connectivity index is 2.08. The van der Waals surface area contributed by atoms with E-state index < -0.39 is 15.8 Å². The predicted octanol–water partition coefficient (Wildman–Crippen LogP) is 2.02. The van der Waals surface area contributed by atoms with Gasteiger partial charge in [-0.1, -0.05) is 26.0 Å². The van der Waals surface area contributed by atoms with Crippen molar-refractivity contribution in [3.05, 3.63) is 29.8 Å². The van der Waals surface area contributed by atoms with Gasteiger partial charge < -0.3 is 5.11 Å². The number of aliphatic carboxylic acids is 1. The summed E-state index contributed by atoms with van der Waals surface area (Å²) < 4.78 is 24.6. The molecule has 1 N–H and O–H groups in total. The van der Waals surface area contributed by atoms with Crippen LogP contribution < -0.4 is 0 Å². The lowest BCUT2D eigenvalue weighted by atomic mass is 10.1. The second kappa shape index (κ2) is 6.79. The highest BCUT2D eigenvalue weighted by Gasteiger charge is 2.28. The number of carbonyl (C=O) groups is 1. The summed E-state index contributed by atoms with van der Waals surface area (Å²) in [5, 5.41) is 9.03. The van der Waals surface area contributed by atoms with Crippen LogP contribution in [0.2, 0.25) is 0 Å². The van der Waals surface area contributed by atoms with Gasteiger partial charge in [-0.3, -0.25) is 9.69 Å². The number of carboxylic acid groups (broad SMARTS) is 1. The minimum absolute atomic E-state index is 0.0866. The number of rotatable bonds is 6. The summed E-state index contributed by atoms with van der Waals surface area (Å²) in [7, 11) is -3.25. The quantitative estimate of drug-likeness (QED) is 0.866. The van der Waals surface area contributed by atoms with Crippen molar-refractivity contribution in [2.45, 2.75) is 31.7 Å². The van der Waals surface area contributed by atoms with Gasteiger partial charge in [-0.15, -0.1) is 0 Å². The van der Waals surface area contributed by atoms with E-state index in [2.05, 4.69) is 4.90 Å². The fourth-order valence-electron chi connectivity index (χ4n) is 2.81. The highest BCUT2D eigenvalue weighted by atomic mass is 32.2. The maximum Gasteiger partial charge on any atom is 0.307 e. The van der Waals surface area contributed by atoms with Gasteiger partial charge in [0.05, 0.1) is 16.6 Å². The Bertz CT molecular complexity index is 639. The van der Waals surface area contributed by atoms with Crippen LogP contribution in [-0.4, -0.2) is 43.2 Å². The molecule has 2 rings (SSSR count). The van der Waals surface area contributed by atoms with E-state index in [1.54, 1.807) is 18.2 Å². The molecule has 5 nitrogen and oxygen atoms in total. The van der Waals surface area contributed by atoms with Crippen molar-refractivity contribution in [1.82, 2.24) is 4.90 Å². The largest absolute Gasteiger partial charge is 0.481 e. The van der Waals surface area contributed by atoms with Gasteiger partial charge in [0, 0.05) is 13.1 Å². The number of hydrogen-bond donors (Lipinski definition) is 1. The standard InChI is InChI=1S/C16H23NO4S/c1-12(2)11-22(20,21)15-5-3-4-13(8-15)9-17-7-6-14(10-17)16(18)19/h3-5,8,12,14H,6-7,9-11H2,1-2H3,(H,18,19). The smallest absolute Gasteiger partial charge is 0.307 e. The minimum atomic E-state index is -3.25. The van der Waals surface area contributed by atoms with Crippen molar-refractivity contribution >= 4 is 15.8 Å². The van der Waals surface area contributed by atoms with Gasteiger partial charge in [0.25, 0.3) is 0 Å². The Morgan fingerprint density at radius 2 is 2.14 bits per heavy atom. The van der Waals surface area contributed by atoms with Crippen molar-refractivity contribution in [3.8, 4) is 0 Å². The van der Waals surface area contributed by atoms with Gasteiger partial charge in [0.1, 0.15) is 0 Å². The maximum absolute atomic E-state index is 12.3. The van der Waals surface area contributed by atoms with Crippen molar-refractivity contribution in [2.75, 3.05) is 18.8 Å². The first kappa shape index (κ1) is 17.0. The Morgan fingerprint density at radius 1 is 1.41 bits per heavy atom. The molecule has 1 aliphatic rings. The van der Waals surface area contributed by atoms with Crippen molar-refractivity contribution in [2.24, 2.45) is 11.8 Å². The molecule has 1 unspecified atom stereocenters. The van der Waals surface area contributed by atoms with E-state index >= 15 is 0 Å². The molecule has 6 heteroatoms. The molecule has 22 heavy (non-hydrogen) atoms. The molecule has 0 amide bonds. The first-order chi connectivity index (χ1) is 10.3. The number of likely N-dealkylation sites (tertiary alicyclic amines) is 1. The topological polar surface area (TPSA) is 74.7 Å². The molecule has 122 valence electrons. The SMILES string of the molecule is CC(C)CS(=O)(=O)c1cccc(CN2CCC(C(=O)O)C2)c1. The number of benzene rings is 1. The third kappa shape index (κ3) is 4.30. The fourth-order valence-corrected chi connectivity index (χ4v) is 4.50. The lowest BCUT2D eigenvalue weighted by molar-refractivity contribution is -0.141. The predicted molar refractivity (Wildman–Crippen MR) is 84.4 cm³/mol. The average Bonchev–Trinajstić information content (AvgIpc) is 2.86. The van der Waals surface area contributed by atoms with E-state index in [0.717, 1.165) is 12.1 Å². The molecule has 0 radical (unpaired) electrons. The fraction of sp³-hybridized carbons (Fsp3) is 0.562. The van der Waals surface area contributed by atoms with Gasteiger partial charge in [-0.2, -0.15) is 0 Å². The summed E-state index contributed by atoms with van der Waals surface area (Å²) in [6.45, 7) is 5.63. The molecule has 1 aromatic rings. The van der Waals surface area contributed by atoms with Gasteiger partial charge in [-0.05, 0) is 36.6 Å². The number of carboxylic acids is 1. The molecule has 1 aromatic carbocycles. The Labute approximate surface area is 131 Å². The number of sulfone groups is 1. The van der Waals surface area contributed by atoms with E-state index in [9.17, 15) is 13.2 Å². The van der Waals surface area contributed by atoms with Crippen LogP contribution in [0, 0.1) is 11.8 Å². The van der Waals surface area contributed by atoms with Crippen LogP contribution in [0.5, 0.6) is 0 Å². The lowest BCUT2D eigenvalue weighted by Gasteiger charge is -2.16. The highest BCUT2D eigenvalue weighted by Crippen LogP contribution is 2.21. The van der Waals surface area contributed by atoms with E-state index in [-0.39, 0.29) is 17.6 Å². The van der Waals surface area contributed by atoms with Gasteiger partial charge in [0.15, 0.2) is 9.84 Å². The summed E-state index contributed by atoms with van der Waals surface area (Å²) in [5.41, 5.74) is 0.913. The minimum Gasteiger partial charge on any atom is -0.481 e. The Hall–Kier alpha value is -1.40. The first-order valence-electron chi connectivity index (χ1n) is 7.55. The normalized spacial score (nSPS) is 19.7. The van der Waals surface area contributed by atoms with Gasteiger partial charge in [-0.25, -0.2) is 8.42 Å². The molecular weight excluding hydrogens is 302 g/mol. The van der Waals surface area contributed by atoms with Gasteiger partial charge in [0.2, 0.25) is 0 Å². The van der Waals surface area contributed by atoms with Crippen molar-refractivity contribution in [1.29, 1.82) is 0 Å². The molecule has 0 saturated carbocycles. The van der Waals surface area contributed by atoms with Crippen LogP contribution in [0.1, 0.15) is 25.8 Å². The summed E-state index contributed by atoms with van der Waals surface area (Å²) in [6, 6.07) is 6.99. The molecule has 0 spiro atoms. The number of nitrogens with zero attached hydrogens (tertiary/aromatic N) is 1. The van der Waals surface area contributed by atoms with E-state index in [1.165, 1.54) is 0 Å². The molecule has 0 aromatic heterocycles. The average molecular weight is 325 g/mol. The molecule has 0 aliphatic carbocycles.